The number of hydrogen-bond acceptors (Lipinski definition) is 2. The fourth-order valence-corrected chi connectivity index (χ4v) is 2.21. The summed E-state index contributed by atoms with van der Waals surface area (Å²) in [6.07, 6.45) is 0.833. The Bertz CT molecular complexity index is 463. The van der Waals surface area contributed by atoms with Crippen LogP contribution in [0.2, 0.25) is 0 Å². The van der Waals surface area contributed by atoms with Crippen LogP contribution in [0, 0.1) is 0 Å². The van der Waals surface area contributed by atoms with E-state index in [0.717, 1.165) is 24.2 Å². The highest BCUT2D eigenvalue weighted by atomic mass is 16.2. The Balaban J connectivity index is 2.11. The first kappa shape index (κ1) is 12.7. The summed E-state index contributed by atoms with van der Waals surface area (Å²) in [6, 6.07) is 5.90. The molecular weight excluding hydrogens is 226 g/mol. The normalized spacial score (nSPS) is 15.2. The second kappa shape index (κ2) is 4.52. The molecule has 1 aromatic carbocycles. The van der Waals surface area contributed by atoms with Gasteiger partial charge >= 0.3 is 6.03 Å². The SMILES string of the molecule is CC(C)(C)NC(=O)N1CCc2c(N)cccc2C1. The predicted molar refractivity (Wildman–Crippen MR) is 73.3 cm³/mol. The number of carbonyl (C=O) groups excluding carboxylic acids is 1. The lowest BCUT2D eigenvalue weighted by molar-refractivity contribution is 0.183. The molecule has 0 saturated carbocycles. The summed E-state index contributed by atoms with van der Waals surface area (Å²) < 4.78 is 0. The van der Waals surface area contributed by atoms with Crippen LogP contribution in [-0.4, -0.2) is 23.0 Å². The molecule has 4 nitrogen and oxygen atoms in total. The molecule has 18 heavy (non-hydrogen) atoms. The van der Waals surface area contributed by atoms with E-state index in [9.17, 15) is 4.79 Å². The molecule has 0 fully saturated rings. The van der Waals surface area contributed by atoms with Crippen LogP contribution in [0.25, 0.3) is 0 Å². The molecule has 0 aromatic heterocycles. The first-order valence-electron chi connectivity index (χ1n) is 6.30. The number of nitrogen functional groups attached to an aromatic ring is 1. The van der Waals surface area contributed by atoms with Crippen LogP contribution in [0.3, 0.4) is 0 Å². The Labute approximate surface area is 108 Å². The van der Waals surface area contributed by atoms with Gasteiger partial charge in [0, 0.05) is 24.3 Å². The second-order valence-corrected chi connectivity index (χ2v) is 5.84. The maximum atomic E-state index is 12.1. The predicted octanol–water partition coefficient (Wildman–Crippen LogP) is 2.13. The van der Waals surface area contributed by atoms with Crippen LogP contribution in [-0.2, 0) is 13.0 Å². The third-order valence-corrected chi connectivity index (χ3v) is 3.07. The summed E-state index contributed by atoms with van der Waals surface area (Å²) in [5.74, 6) is 0. The van der Waals surface area contributed by atoms with Gasteiger partial charge in [-0.1, -0.05) is 12.1 Å². The number of rotatable bonds is 0. The molecule has 0 atom stereocenters. The molecule has 98 valence electrons. The lowest BCUT2D eigenvalue weighted by Gasteiger charge is -2.32. The number of benzene rings is 1. The summed E-state index contributed by atoms with van der Waals surface area (Å²) in [4.78, 5) is 13.9. The van der Waals surface area contributed by atoms with E-state index >= 15 is 0 Å². The van der Waals surface area contributed by atoms with Crippen LogP contribution in [0.4, 0.5) is 10.5 Å². The summed E-state index contributed by atoms with van der Waals surface area (Å²) in [5.41, 5.74) is 8.93. The van der Waals surface area contributed by atoms with Gasteiger partial charge in [-0.2, -0.15) is 0 Å². The molecule has 1 aliphatic heterocycles. The smallest absolute Gasteiger partial charge is 0.318 e. The number of nitrogens with zero attached hydrogens (tertiary/aromatic N) is 1. The zero-order valence-electron chi connectivity index (χ0n) is 11.3. The summed E-state index contributed by atoms with van der Waals surface area (Å²) in [6.45, 7) is 7.33. The van der Waals surface area contributed by atoms with Crippen molar-refractivity contribution in [2.45, 2.75) is 39.3 Å². The number of anilines is 1. The van der Waals surface area contributed by atoms with E-state index in [0.29, 0.717) is 6.54 Å². The Morgan fingerprint density at radius 1 is 1.39 bits per heavy atom. The molecule has 1 aromatic rings. The number of fused-ring (bicyclic) bond motifs is 1. The highest BCUT2D eigenvalue weighted by Crippen LogP contribution is 2.24. The standard InChI is InChI=1S/C14H21N3O/c1-14(2,3)16-13(18)17-8-7-11-10(9-17)5-4-6-12(11)15/h4-6H,7-9,15H2,1-3H3,(H,16,18). The van der Waals surface area contributed by atoms with Gasteiger partial charge in [0.2, 0.25) is 0 Å². The Morgan fingerprint density at radius 2 is 2.11 bits per heavy atom. The second-order valence-electron chi connectivity index (χ2n) is 5.84. The van der Waals surface area contributed by atoms with Crippen molar-refractivity contribution in [2.75, 3.05) is 12.3 Å². The summed E-state index contributed by atoms with van der Waals surface area (Å²) in [5, 5.41) is 2.99. The molecular formula is C14H21N3O. The van der Waals surface area contributed by atoms with Gasteiger partial charge in [-0.15, -0.1) is 0 Å². The topological polar surface area (TPSA) is 58.4 Å². The van der Waals surface area contributed by atoms with E-state index in [1.165, 1.54) is 5.56 Å². The number of amides is 2. The Hall–Kier alpha value is -1.71. The van der Waals surface area contributed by atoms with Crippen molar-refractivity contribution in [3.8, 4) is 0 Å². The third-order valence-electron chi connectivity index (χ3n) is 3.07. The van der Waals surface area contributed by atoms with Gasteiger partial charge in [-0.25, -0.2) is 4.79 Å². The van der Waals surface area contributed by atoms with Gasteiger partial charge in [0.25, 0.3) is 0 Å². The van der Waals surface area contributed by atoms with Crippen molar-refractivity contribution in [1.82, 2.24) is 10.2 Å². The van der Waals surface area contributed by atoms with Crippen molar-refractivity contribution >= 4 is 11.7 Å². The summed E-state index contributed by atoms with van der Waals surface area (Å²) in [7, 11) is 0. The van der Waals surface area contributed by atoms with Crippen molar-refractivity contribution in [2.24, 2.45) is 0 Å². The molecule has 0 spiro atoms. The van der Waals surface area contributed by atoms with Gasteiger partial charge in [-0.05, 0) is 44.4 Å². The lowest BCUT2D eigenvalue weighted by Crippen LogP contribution is -2.49. The van der Waals surface area contributed by atoms with Crippen molar-refractivity contribution < 1.29 is 4.79 Å². The van der Waals surface area contributed by atoms with Gasteiger partial charge in [0.1, 0.15) is 0 Å². The number of carbonyl (C=O) groups is 1. The molecule has 0 radical (unpaired) electrons. The summed E-state index contributed by atoms with van der Waals surface area (Å²) >= 11 is 0. The van der Waals surface area contributed by atoms with E-state index in [4.69, 9.17) is 5.73 Å². The molecule has 2 amide bonds. The number of nitrogens with two attached hydrogens (primary N) is 1. The lowest BCUT2D eigenvalue weighted by atomic mass is 9.98. The van der Waals surface area contributed by atoms with Crippen LogP contribution >= 0.6 is 0 Å². The minimum atomic E-state index is -0.201. The first-order valence-corrected chi connectivity index (χ1v) is 6.30. The van der Waals surface area contributed by atoms with Crippen LogP contribution in [0.5, 0.6) is 0 Å². The monoisotopic (exact) mass is 247 g/mol. The van der Waals surface area contributed by atoms with Gasteiger partial charge in [0.15, 0.2) is 0 Å². The highest BCUT2D eigenvalue weighted by molar-refractivity contribution is 5.75. The quantitative estimate of drug-likeness (QED) is 0.690. The Morgan fingerprint density at radius 3 is 2.78 bits per heavy atom. The third kappa shape index (κ3) is 2.75. The molecule has 0 bridgehead atoms. The molecule has 2 rings (SSSR count). The largest absolute Gasteiger partial charge is 0.398 e. The van der Waals surface area contributed by atoms with Gasteiger partial charge in [-0.3, -0.25) is 0 Å². The van der Waals surface area contributed by atoms with Crippen LogP contribution in [0.15, 0.2) is 18.2 Å². The Kier molecular flexibility index (Phi) is 3.20. The zero-order chi connectivity index (χ0) is 13.3. The minimum Gasteiger partial charge on any atom is -0.398 e. The molecule has 0 aliphatic carbocycles. The van der Waals surface area contributed by atoms with Gasteiger partial charge in [0.05, 0.1) is 0 Å². The number of nitrogens with one attached hydrogen (secondary N) is 1. The van der Waals surface area contributed by atoms with Crippen molar-refractivity contribution in [3.05, 3.63) is 29.3 Å². The van der Waals surface area contributed by atoms with Crippen LogP contribution in [0.1, 0.15) is 31.9 Å². The van der Waals surface area contributed by atoms with E-state index in [-0.39, 0.29) is 11.6 Å². The highest BCUT2D eigenvalue weighted by Gasteiger charge is 2.24. The van der Waals surface area contributed by atoms with E-state index in [1.54, 1.807) is 0 Å². The fraction of sp³-hybridized carbons (Fsp3) is 0.500. The van der Waals surface area contributed by atoms with E-state index in [1.807, 2.05) is 43.9 Å². The average Bonchev–Trinajstić information content (AvgIpc) is 2.26. The van der Waals surface area contributed by atoms with E-state index in [2.05, 4.69) is 5.32 Å². The van der Waals surface area contributed by atoms with Crippen molar-refractivity contribution in [3.63, 3.8) is 0 Å². The maximum Gasteiger partial charge on any atom is 0.318 e. The molecule has 1 heterocycles. The molecule has 0 unspecified atom stereocenters. The van der Waals surface area contributed by atoms with Crippen molar-refractivity contribution in [1.29, 1.82) is 0 Å². The average molecular weight is 247 g/mol. The molecule has 0 saturated heterocycles. The molecule has 1 aliphatic rings. The minimum absolute atomic E-state index is 0.00410. The first-order chi connectivity index (χ1) is 8.37. The van der Waals surface area contributed by atoms with E-state index < -0.39 is 0 Å². The fourth-order valence-electron chi connectivity index (χ4n) is 2.21. The van der Waals surface area contributed by atoms with Gasteiger partial charge < -0.3 is 16.0 Å². The zero-order valence-corrected chi connectivity index (χ0v) is 11.3. The number of urea groups is 1. The molecule has 3 N–H and O–H groups in total. The number of hydrogen-bond donors (Lipinski definition) is 2. The van der Waals surface area contributed by atoms with Crippen LogP contribution < -0.4 is 11.1 Å². The molecule has 4 heteroatoms. The maximum absolute atomic E-state index is 12.1.